The van der Waals surface area contributed by atoms with E-state index in [1.807, 2.05) is 43.3 Å². The van der Waals surface area contributed by atoms with Gasteiger partial charge in [-0.2, -0.15) is 0 Å². The molecular weight excluding hydrogens is 438 g/mol. The summed E-state index contributed by atoms with van der Waals surface area (Å²) in [4.78, 5) is 12.1. The molecule has 1 N–H and O–H groups in total. The average Bonchev–Trinajstić information content (AvgIpc) is 2.56. The number of nitrogens with one attached hydrogen (secondary N) is 1. The molecule has 24 heavy (non-hydrogen) atoms. The number of ether oxygens (including phenoxy) is 2. The first kappa shape index (κ1) is 18.5. The van der Waals surface area contributed by atoms with Gasteiger partial charge in [-0.3, -0.25) is 4.79 Å². The van der Waals surface area contributed by atoms with Crippen LogP contribution in [0.2, 0.25) is 0 Å². The van der Waals surface area contributed by atoms with Gasteiger partial charge in [0.15, 0.2) is 18.1 Å². The molecule has 0 unspecified atom stereocenters. The van der Waals surface area contributed by atoms with Gasteiger partial charge in [-0.15, -0.1) is 0 Å². The minimum Gasteiger partial charge on any atom is -0.493 e. The maximum Gasteiger partial charge on any atom is 0.262 e. The third-order valence-electron chi connectivity index (χ3n) is 3.11. The van der Waals surface area contributed by atoms with Gasteiger partial charge >= 0.3 is 0 Å². The Labute approximate surface area is 158 Å². The van der Waals surface area contributed by atoms with Crippen LogP contribution in [0.4, 0.5) is 5.69 Å². The van der Waals surface area contributed by atoms with Gasteiger partial charge < -0.3 is 14.8 Å². The normalized spacial score (nSPS) is 10.7. The minimum atomic E-state index is -0.252. The number of carbonyl (C=O) groups is 1. The summed E-state index contributed by atoms with van der Waals surface area (Å²) in [6, 6.07) is 11.1. The van der Waals surface area contributed by atoms with Crippen molar-refractivity contribution in [2.75, 3.05) is 19.0 Å². The molecule has 0 saturated carbocycles. The molecule has 2 aromatic rings. The lowest BCUT2D eigenvalue weighted by atomic mass is 10.2. The van der Waals surface area contributed by atoms with Crippen molar-refractivity contribution in [1.82, 2.24) is 0 Å². The van der Waals surface area contributed by atoms with Crippen LogP contribution in [0.3, 0.4) is 0 Å². The number of hydrogen-bond donors (Lipinski definition) is 1. The van der Waals surface area contributed by atoms with Gasteiger partial charge in [0.05, 0.1) is 12.8 Å². The van der Waals surface area contributed by atoms with Crippen LogP contribution in [0.25, 0.3) is 6.08 Å². The van der Waals surface area contributed by atoms with E-state index in [0.717, 1.165) is 14.5 Å². The van der Waals surface area contributed by atoms with E-state index in [1.165, 1.54) is 0 Å². The van der Waals surface area contributed by atoms with Crippen LogP contribution in [-0.2, 0) is 4.79 Å². The van der Waals surface area contributed by atoms with Crippen LogP contribution in [0.5, 0.6) is 11.5 Å². The Bertz CT molecular complexity index is 760. The Morgan fingerprint density at radius 3 is 2.62 bits per heavy atom. The van der Waals surface area contributed by atoms with Gasteiger partial charge in [-0.25, -0.2) is 0 Å². The highest BCUT2D eigenvalue weighted by molar-refractivity contribution is 9.11. The summed E-state index contributed by atoms with van der Waals surface area (Å²) >= 11 is 6.78. The maximum atomic E-state index is 12.1. The summed E-state index contributed by atoms with van der Waals surface area (Å²) < 4.78 is 12.6. The predicted octanol–water partition coefficient (Wildman–Crippen LogP) is 5.27. The average molecular weight is 455 g/mol. The first-order valence-corrected chi connectivity index (χ1v) is 8.80. The van der Waals surface area contributed by atoms with Crippen LogP contribution < -0.4 is 14.8 Å². The van der Waals surface area contributed by atoms with Crippen molar-refractivity contribution < 1.29 is 14.3 Å². The Kier molecular flexibility index (Phi) is 6.87. The number of methoxy groups -OCH3 is 1. The number of benzene rings is 2. The maximum absolute atomic E-state index is 12.1. The molecule has 0 heterocycles. The second-order valence-electron chi connectivity index (χ2n) is 4.87. The van der Waals surface area contributed by atoms with Gasteiger partial charge in [-0.1, -0.05) is 34.1 Å². The lowest BCUT2D eigenvalue weighted by Gasteiger charge is -2.12. The summed E-state index contributed by atoms with van der Waals surface area (Å²) in [5.41, 5.74) is 1.69. The van der Waals surface area contributed by atoms with Gasteiger partial charge in [0.25, 0.3) is 5.91 Å². The summed E-state index contributed by atoms with van der Waals surface area (Å²) in [7, 11) is 1.57. The second kappa shape index (κ2) is 8.89. The fourth-order valence-electron chi connectivity index (χ4n) is 2.02. The molecule has 0 spiro atoms. The van der Waals surface area contributed by atoms with Gasteiger partial charge in [0.2, 0.25) is 0 Å². The lowest BCUT2D eigenvalue weighted by Crippen LogP contribution is -2.20. The number of anilines is 1. The highest BCUT2D eigenvalue weighted by Gasteiger charge is 2.10. The molecular formula is C18H17Br2NO3. The van der Waals surface area contributed by atoms with Gasteiger partial charge in [0.1, 0.15) is 0 Å². The third kappa shape index (κ3) is 5.11. The van der Waals surface area contributed by atoms with Crippen LogP contribution in [0.1, 0.15) is 12.5 Å². The summed E-state index contributed by atoms with van der Waals surface area (Å²) in [6.07, 6.45) is 3.91. The number of carbonyl (C=O) groups excluding carboxylic acids is 1. The van der Waals surface area contributed by atoms with Crippen molar-refractivity contribution >= 4 is 49.5 Å². The molecule has 2 aromatic carbocycles. The van der Waals surface area contributed by atoms with Crippen molar-refractivity contribution in [3.05, 3.63) is 57.0 Å². The first-order valence-electron chi connectivity index (χ1n) is 7.22. The molecule has 0 aliphatic heterocycles. The summed E-state index contributed by atoms with van der Waals surface area (Å²) in [5, 5.41) is 2.79. The predicted molar refractivity (Wildman–Crippen MR) is 104 cm³/mol. The SMILES string of the molecule is C/C=C/c1ccc(OCC(=O)Nc2ccc(Br)cc2Br)c(OC)c1. The quantitative estimate of drug-likeness (QED) is 0.646. The number of rotatable bonds is 6. The minimum absolute atomic E-state index is 0.109. The highest BCUT2D eigenvalue weighted by Crippen LogP contribution is 2.29. The summed E-state index contributed by atoms with van der Waals surface area (Å²) in [5.74, 6) is 0.858. The smallest absolute Gasteiger partial charge is 0.262 e. The number of amides is 1. The molecule has 0 atom stereocenters. The number of allylic oxidation sites excluding steroid dienone is 1. The van der Waals surface area contributed by atoms with Gasteiger partial charge in [-0.05, 0) is 58.7 Å². The standard InChI is InChI=1S/C18H17Br2NO3/c1-3-4-12-5-8-16(17(9-12)23-2)24-11-18(22)21-15-7-6-13(19)10-14(15)20/h3-10H,11H2,1-2H3,(H,21,22)/b4-3+. The lowest BCUT2D eigenvalue weighted by molar-refractivity contribution is -0.118. The van der Waals surface area contributed by atoms with Crippen molar-refractivity contribution in [1.29, 1.82) is 0 Å². The summed E-state index contributed by atoms with van der Waals surface area (Å²) in [6.45, 7) is 1.84. The molecule has 0 bridgehead atoms. The van der Waals surface area contributed by atoms with Crippen LogP contribution in [-0.4, -0.2) is 19.6 Å². The van der Waals surface area contributed by atoms with E-state index in [9.17, 15) is 4.79 Å². The molecule has 0 aliphatic carbocycles. The molecule has 1 amide bonds. The van der Waals surface area contributed by atoms with Crippen LogP contribution in [0, 0.1) is 0 Å². The Balaban J connectivity index is 2.01. The zero-order valence-electron chi connectivity index (χ0n) is 13.3. The monoisotopic (exact) mass is 453 g/mol. The van der Waals surface area contributed by atoms with Crippen LogP contribution in [0.15, 0.2) is 51.4 Å². The fraction of sp³-hybridized carbons (Fsp3) is 0.167. The molecule has 0 radical (unpaired) electrons. The molecule has 2 rings (SSSR count). The second-order valence-corrected chi connectivity index (χ2v) is 6.64. The molecule has 0 aromatic heterocycles. The van der Waals surface area contributed by atoms with E-state index < -0.39 is 0 Å². The molecule has 4 nitrogen and oxygen atoms in total. The molecule has 0 saturated heterocycles. The van der Waals surface area contributed by atoms with E-state index in [-0.39, 0.29) is 12.5 Å². The van der Waals surface area contributed by atoms with Gasteiger partial charge in [0, 0.05) is 8.95 Å². The van der Waals surface area contributed by atoms with E-state index in [1.54, 1.807) is 19.2 Å². The van der Waals surface area contributed by atoms with E-state index >= 15 is 0 Å². The molecule has 0 fully saturated rings. The molecule has 6 heteroatoms. The Hall–Kier alpha value is -1.79. The van der Waals surface area contributed by atoms with E-state index in [4.69, 9.17) is 9.47 Å². The highest BCUT2D eigenvalue weighted by atomic mass is 79.9. The Morgan fingerprint density at radius 1 is 1.17 bits per heavy atom. The Morgan fingerprint density at radius 2 is 1.96 bits per heavy atom. The van der Waals surface area contributed by atoms with Crippen molar-refractivity contribution in [2.24, 2.45) is 0 Å². The first-order chi connectivity index (χ1) is 11.5. The van der Waals surface area contributed by atoms with Crippen LogP contribution >= 0.6 is 31.9 Å². The topological polar surface area (TPSA) is 47.6 Å². The zero-order valence-corrected chi connectivity index (χ0v) is 16.5. The number of halogens is 2. The largest absolute Gasteiger partial charge is 0.493 e. The van der Waals surface area contributed by atoms with E-state index in [2.05, 4.69) is 37.2 Å². The van der Waals surface area contributed by atoms with Crippen molar-refractivity contribution in [2.45, 2.75) is 6.92 Å². The molecule has 126 valence electrons. The fourth-order valence-corrected chi connectivity index (χ4v) is 3.17. The van der Waals surface area contributed by atoms with Crippen molar-refractivity contribution in [3.8, 4) is 11.5 Å². The zero-order chi connectivity index (χ0) is 17.5. The third-order valence-corrected chi connectivity index (χ3v) is 4.26. The van der Waals surface area contributed by atoms with E-state index in [0.29, 0.717) is 17.2 Å². The number of hydrogen-bond acceptors (Lipinski definition) is 3. The molecule has 0 aliphatic rings. The van der Waals surface area contributed by atoms with Crippen molar-refractivity contribution in [3.63, 3.8) is 0 Å².